The summed E-state index contributed by atoms with van der Waals surface area (Å²) in [5.41, 5.74) is 2.65. The van der Waals surface area contributed by atoms with Gasteiger partial charge in [-0.05, 0) is 49.2 Å². The number of halogens is 2. The molecule has 0 unspecified atom stereocenters. The minimum absolute atomic E-state index is 0.229. The summed E-state index contributed by atoms with van der Waals surface area (Å²) in [7, 11) is 1.57. The molecule has 0 spiro atoms. The van der Waals surface area contributed by atoms with Gasteiger partial charge < -0.3 is 15.4 Å². The fraction of sp³-hybridized carbons (Fsp3) is 0.200. The van der Waals surface area contributed by atoms with E-state index in [-0.39, 0.29) is 5.82 Å². The molecule has 2 aromatic carbocycles. The fourth-order valence-corrected chi connectivity index (χ4v) is 2.83. The molecule has 0 atom stereocenters. The van der Waals surface area contributed by atoms with Crippen molar-refractivity contribution in [3.8, 4) is 5.75 Å². The van der Waals surface area contributed by atoms with Crippen LogP contribution < -0.4 is 15.4 Å². The number of aromatic nitrogens is 2. The molecule has 0 amide bonds. The third-order valence-electron chi connectivity index (χ3n) is 3.90. The van der Waals surface area contributed by atoms with Crippen LogP contribution in [0.1, 0.15) is 11.3 Å². The highest BCUT2D eigenvalue weighted by Crippen LogP contribution is 2.28. The van der Waals surface area contributed by atoms with Crippen molar-refractivity contribution in [2.24, 2.45) is 0 Å². The molecule has 0 saturated heterocycles. The molecule has 0 fully saturated rings. The highest BCUT2D eigenvalue weighted by atomic mass is 35.5. The summed E-state index contributed by atoms with van der Waals surface area (Å²) >= 11 is 6.15. The van der Waals surface area contributed by atoms with Gasteiger partial charge in [0.25, 0.3) is 0 Å². The molecule has 3 rings (SSSR count). The molecule has 0 aliphatic rings. The van der Waals surface area contributed by atoms with E-state index in [0.29, 0.717) is 29.1 Å². The number of benzene rings is 2. The van der Waals surface area contributed by atoms with Gasteiger partial charge in [-0.1, -0.05) is 23.7 Å². The van der Waals surface area contributed by atoms with Crippen LogP contribution in [0.2, 0.25) is 5.02 Å². The Morgan fingerprint density at radius 3 is 2.56 bits per heavy atom. The smallest absolute Gasteiger partial charge is 0.229 e. The number of nitrogens with one attached hydrogen (secondary N) is 2. The first-order valence-electron chi connectivity index (χ1n) is 8.48. The largest absolute Gasteiger partial charge is 0.495 e. The number of nitrogens with zero attached hydrogens (tertiary/aromatic N) is 2. The lowest BCUT2D eigenvalue weighted by molar-refractivity contribution is 0.415. The average Bonchev–Trinajstić information content (AvgIpc) is 2.63. The zero-order chi connectivity index (χ0) is 19.2. The van der Waals surface area contributed by atoms with Gasteiger partial charge in [-0.3, -0.25) is 0 Å². The molecule has 0 saturated carbocycles. The molecule has 5 nitrogen and oxygen atoms in total. The molecular formula is C20H20ClFN4O. The van der Waals surface area contributed by atoms with Crippen molar-refractivity contribution < 1.29 is 9.13 Å². The Kier molecular flexibility index (Phi) is 6.08. The van der Waals surface area contributed by atoms with Gasteiger partial charge in [0.15, 0.2) is 0 Å². The van der Waals surface area contributed by atoms with E-state index < -0.39 is 0 Å². The summed E-state index contributed by atoms with van der Waals surface area (Å²) in [5, 5.41) is 6.93. The Bertz CT molecular complexity index is 918. The molecule has 0 radical (unpaired) electrons. The maximum atomic E-state index is 13.0. The Labute approximate surface area is 162 Å². The van der Waals surface area contributed by atoms with Gasteiger partial charge in [0.2, 0.25) is 5.95 Å². The van der Waals surface area contributed by atoms with Crippen molar-refractivity contribution in [3.63, 3.8) is 0 Å². The van der Waals surface area contributed by atoms with Crippen LogP contribution in [0.3, 0.4) is 0 Å². The second kappa shape index (κ2) is 8.68. The monoisotopic (exact) mass is 386 g/mol. The molecule has 0 aliphatic heterocycles. The van der Waals surface area contributed by atoms with E-state index in [4.69, 9.17) is 16.3 Å². The van der Waals surface area contributed by atoms with Crippen molar-refractivity contribution in [1.29, 1.82) is 0 Å². The van der Waals surface area contributed by atoms with Gasteiger partial charge in [-0.25, -0.2) is 9.37 Å². The van der Waals surface area contributed by atoms with E-state index >= 15 is 0 Å². The fourth-order valence-electron chi connectivity index (χ4n) is 2.57. The quantitative estimate of drug-likeness (QED) is 0.599. The van der Waals surface area contributed by atoms with Crippen LogP contribution in [0.5, 0.6) is 5.75 Å². The van der Waals surface area contributed by atoms with E-state index in [9.17, 15) is 4.39 Å². The van der Waals surface area contributed by atoms with Gasteiger partial charge in [-0.15, -0.1) is 0 Å². The summed E-state index contributed by atoms with van der Waals surface area (Å²) in [6.07, 6.45) is 0.764. The standard InChI is InChI=1S/C20H20ClFN4O/c1-13-11-19(23-10-9-14-3-5-15(22)6-4-14)26-20(24-13)25-16-7-8-18(27-2)17(21)12-16/h3-8,11-12H,9-10H2,1-2H3,(H2,23,24,25,26). The number of ether oxygens (including phenoxy) is 1. The molecule has 3 aromatic rings. The zero-order valence-corrected chi connectivity index (χ0v) is 15.8. The predicted molar refractivity (Wildman–Crippen MR) is 107 cm³/mol. The van der Waals surface area contributed by atoms with E-state index in [0.717, 1.165) is 23.4 Å². The lowest BCUT2D eigenvalue weighted by atomic mass is 10.1. The summed E-state index contributed by atoms with van der Waals surface area (Å²) in [5.74, 6) is 1.57. The van der Waals surface area contributed by atoms with Crippen LogP contribution >= 0.6 is 11.6 Å². The number of aryl methyl sites for hydroxylation is 1. The average molecular weight is 387 g/mol. The molecular weight excluding hydrogens is 367 g/mol. The zero-order valence-electron chi connectivity index (χ0n) is 15.1. The van der Waals surface area contributed by atoms with Crippen molar-refractivity contribution >= 4 is 29.1 Å². The van der Waals surface area contributed by atoms with Crippen LogP contribution in [-0.2, 0) is 6.42 Å². The number of anilines is 3. The van der Waals surface area contributed by atoms with Gasteiger partial charge in [0.05, 0.1) is 12.1 Å². The van der Waals surface area contributed by atoms with Crippen LogP contribution in [0.25, 0.3) is 0 Å². The van der Waals surface area contributed by atoms with E-state index in [2.05, 4.69) is 20.6 Å². The first-order chi connectivity index (χ1) is 13.0. The molecule has 7 heteroatoms. The molecule has 1 aromatic heterocycles. The number of hydrogen-bond acceptors (Lipinski definition) is 5. The Morgan fingerprint density at radius 1 is 1.07 bits per heavy atom. The maximum absolute atomic E-state index is 13.0. The van der Waals surface area contributed by atoms with E-state index in [1.54, 1.807) is 31.4 Å². The number of methoxy groups -OCH3 is 1. The summed E-state index contributed by atoms with van der Waals surface area (Å²) in [6.45, 7) is 2.58. The molecule has 140 valence electrons. The third kappa shape index (κ3) is 5.31. The second-order valence-electron chi connectivity index (χ2n) is 6.00. The minimum atomic E-state index is -0.229. The highest BCUT2D eigenvalue weighted by molar-refractivity contribution is 6.32. The van der Waals surface area contributed by atoms with Crippen LogP contribution in [-0.4, -0.2) is 23.6 Å². The Hall–Kier alpha value is -2.86. The van der Waals surface area contributed by atoms with E-state index in [1.807, 2.05) is 19.1 Å². The maximum Gasteiger partial charge on any atom is 0.229 e. The molecule has 1 heterocycles. The summed E-state index contributed by atoms with van der Waals surface area (Å²) in [4.78, 5) is 8.88. The SMILES string of the molecule is COc1ccc(Nc2nc(C)cc(NCCc3ccc(F)cc3)n2)cc1Cl. The van der Waals surface area contributed by atoms with Gasteiger partial charge >= 0.3 is 0 Å². The number of hydrogen-bond donors (Lipinski definition) is 2. The van der Waals surface area contributed by atoms with Crippen LogP contribution in [0.15, 0.2) is 48.5 Å². The molecule has 2 N–H and O–H groups in total. The predicted octanol–water partition coefficient (Wildman–Crippen LogP) is 4.98. The lowest BCUT2D eigenvalue weighted by Gasteiger charge is -2.11. The summed E-state index contributed by atoms with van der Waals surface area (Å²) < 4.78 is 18.1. The molecule has 0 bridgehead atoms. The number of rotatable bonds is 7. The van der Waals surface area contributed by atoms with Crippen LogP contribution in [0, 0.1) is 12.7 Å². The molecule has 0 aliphatic carbocycles. The van der Waals surface area contributed by atoms with Crippen molar-refractivity contribution in [2.45, 2.75) is 13.3 Å². The first-order valence-corrected chi connectivity index (χ1v) is 8.86. The van der Waals surface area contributed by atoms with Gasteiger partial charge in [0.1, 0.15) is 17.4 Å². The Balaban J connectivity index is 1.65. The third-order valence-corrected chi connectivity index (χ3v) is 4.19. The van der Waals surface area contributed by atoms with Gasteiger partial charge in [-0.2, -0.15) is 4.98 Å². The summed E-state index contributed by atoms with van der Waals surface area (Å²) in [6, 6.07) is 13.7. The topological polar surface area (TPSA) is 59.1 Å². The van der Waals surface area contributed by atoms with Crippen molar-refractivity contribution in [3.05, 3.63) is 70.6 Å². The second-order valence-corrected chi connectivity index (χ2v) is 6.40. The first kappa shape index (κ1) is 18.9. The minimum Gasteiger partial charge on any atom is -0.495 e. The van der Waals surface area contributed by atoms with Gasteiger partial charge in [0, 0.05) is 24.0 Å². The van der Waals surface area contributed by atoms with Crippen LogP contribution in [0.4, 0.5) is 21.8 Å². The van der Waals surface area contributed by atoms with Crippen molar-refractivity contribution in [1.82, 2.24) is 9.97 Å². The highest BCUT2D eigenvalue weighted by Gasteiger charge is 2.06. The normalized spacial score (nSPS) is 10.5. The lowest BCUT2D eigenvalue weighted by Crippen LogP contribution is -2.08. The van der Waals surface area contributed by atoms with Crippen molar-refractivity contribution in [2.75, 3.05) is 24.3 Å². The Morgan fingerprint density at radius 2 is 1.85 bits per heavy atom. The van der Waals surface area contributed by atoms with E-state index in [1.165, 1.54) is 12.1 Å². The molecule has 27 heavy (non-hydrogen) atoms.